The van der Waals surface area contributed by atoms with E-state index in [4.69, 9.17) is 4.74 Å². The summed E-state index contributed by atoms with van der Waals surface area (Å²) in [5.74, 6) is 0. The number of amides is 1. The number of benzene rings is 2. The number of hydrogen-bond donors (Lipinski definition) is 2. The maximum Gasteiger partial charge on any atom is 0.411 e. The number of hydrogen-bond acceptors (Lipinski definition) is 5. The van der Waals surface area contributed by atoms with Crippen LogP contribution in [0.1, 0.15) is 25.0 Å². The molecule has 28 heavy (non-hydrogen) atoms. The van der Waals surface area contributed by atoms with E-state index in [9.17, 15) is 13.2 Å². The summed E-state index contributed by atoms with van der Waals surface area (Å²) >= 11 is 0. The fourth-order valence-electron chi connectivity index (χ4n) is 2.75. The van der Waals surface area contributed by atoms with Gasteiger partial charge in [0.05, 0.1) is 6.26 Å². The number of nitrogens with zero attached hydrogens (tertiary/aromatic N) is 1. The number of anilines is 3. The Morgan fingerprint density at radius 3 is 2.25 bits per heavy atom. The lowest BCUT2D eigenvalue weighted by Gasteiger charge is -2.22. The molecule has 0 aliphatic carbocycles. The van der Waals surface area contributed by atoms with Gasteiger partial charge >= 0.3 is 6.09 Å². The molecule has 0 bridgehead atoms. The molecule has 0 heterocycles. The summed E-state index contributed by atoms with van der Waals surface area (Å²) in [6, 6.07) is 12.5. The highest BCUT2D eigenvalue weighted by Gasteiger charge is 2.09. The number of sulfonamides is 1. The molecule has 0 radical (unpaired) electrons. The standard InChI is InChI=1S/C20H27N3O4S/c1-5-23(6-2)18-11-12-19(15(3)13-18)21-20(24)27-14-16-7-9-17(10-8-16)22-28(4,25)26/h7-13,22H,5-6,14H2,1-4H3,(H,21,24). The smallest absolute Gasteiger partial charge is 0.411 e. The third-order valence-corrected chi connectivity index (χ3v) is 4.81. The Balaban J connectivity index is 1.92. The molecule has 0 aliphatic heterocycles. The maximum absolute atomic E-state index is 12.1. The van der Waals surface area contributed by atoms with Crippen LogP contribution in [0.25, 0.3) is 0 Å². The number of rotatable bonds is 8. The minimum atomic E-state index is -3.31. The van der Waals surface area contributed by atoms with Gasteiger partial charge in [0.2, 0.25) is 10.0 Å². The average molecular weight is 406 g/mol. The number of nitrogens with one attached hydrogen (secondary N) is 2. The van der Waals surface area contributed by atoms with Gasteiger partial charge in [0.25, 0.3) is 0 Å². The van der Waals surface area contributed by atoms with E-state index in [1.54, 1.807) is 24.3 Å². The van der Waals surface area contributed by atoms with Crippen molar-refractivity contribution in [2.75, 3.05) is 34.3 Å². The molecular weight excluding hydrogens is 378 g/mol. The molecule has 0 saturated carbocycles. The predicted octanol–water partition coefficient (Wildman–Crippen LogP) is 3.96. The zero-order valence-electron chi connectivity index (χ0n) is 16.7. The Hall–Kier alpha value is -2.74. The molecule has 2 aromatic carbocycles. The van der Waals surface area contributed by atoms with E-state index in [1.165, 1.54) is 0 Å². The van der Waals surface area contributed by atoms with Crippen molar-refractivity contribution in [2.45, 2.75) is 27.4 Å². The first kappa shape index (κ1) is 21.6. The number of aryl methyl sites for hydroxylation is 1. The Kier molecular flexibility index (Phi) is 7.28. The number of carbonyl (C=O) groups is 1. The van der Waals surface area contributed by atoms with Gasteiger partial charge in [-0.3, -0.25) is 10.0 Å². The summed E-state index contributed by atoms with van der Waals surface area (Å²) in [5.41, 5.74) is 3.98. The van der Waals surface area contributed by atoms with Crippen molar-refractivity contribution in [3.8, 4) is 0 Å². The lowest BCUT2D eigenvalue weighted by Crippen LogP contribution is -2.22. The molecule has 1 amide bonds. The van der Waals surface area contributed by atoms with Crippen molar-refractivity contribution in [2.24, 2.45) is 0 Å². The zero-order valence-corrected chi connectivity index (χ0v) is 17.5. The Morgan fingerprint density at radius 2 is 1.71 bits per heavy atom. The second kappa shape index (κ2) is 9.45. The molecule has 0 aromatic heterocycles. The van der Waals surface area contributed by atoms with Crippen molar-refractivity contribution in [3.63, 3.8) is 0 Å². The monoisotopic (exact) mass is 405 g/mol. The third kappa shape index (κ3) is 6.45. The molecule has 0 atom stereocenters. The highest BCUT2D eigenvalue weighted by atomic mass is 32.2. The molecular formula is C20H27N3O4S. The van der Waals surface area contributed by atoms with Gasteiger partial charge < -0.3 is 9.64 Å². The van der Waals surface area contributed by atoms with Gasteiger partial charge in [0.1, 0.15) is 6.61 Å². The first-order valence-electron chi connectivity index (χ1n) is 9.08. The van der Waals surface area contributed by atoms with Crippen molar-refractivity contribution in [3.05, 3.63) is 53.6 Å². The summed E-state index contributed by atoms with van der Waals surface area (Å²) < 4.78 is 30.0. The van der Waals surface area contributed by atoms with Gasteiger partial charge in [-0.05, 0) is 62.2 Å². The van der Waals surface area contributed by atoms with Crippen LogP contribution in [0.3, 0.4) is 0 Å². The third-order valence-electron chi connectivity index (χ3n) is 4.20. The van der Waals surface area contributed by atoms with E-state index in [0.29, 0.717) is 11.4 Å². The molecule has 2 rings (SSSR count). The largest absolute Gasteiger partial charge is 0.444 e. The van der Waals surface area contributed by atoms with E-state index in [1.807, 2.05) is 25.1 Å². The maximum atomic E-state index is 12.1. The lowest BCUT2D eigenvalue weighted by atomic mass is 10.1. The minimum Gasteiger partial charge on any atom is -0.444 e. The summed E-state index contributed by atoms with van der Waals surface area (Å²) in [4.78, 5) is 14.3. The molecule has 0 aliphatic rings. The van der Waals surface area contributed by atoms with Crippen LogP contribution in [0.15, 0.2) is 42.5 Å². The van der Waals surface area contributed by atoms with Gasteiger partial charge in [-0.2, -0.15) is 0 Å². The first-order valence-corrected chi connectivity index (χ1v) is 11.0. The van der Waals surface area contributed by atoms with Gasteiger partial charge in [0.15, 0.2) is 0 Å². The fourth-order valence-corrected chi connectivity index (χ4v) is 3.32. The molecule has 7 nitrogen and oxygen atoms in total. The van der Waals surface area contributed by atoms with Crippen LogP contribution in [-0.2, 0) is 21.4 Å². The van der Waals surface area contributed by atoms with Crippen LogP contribution in [0.5, 0.6) is 0 Å². The molecule has 2 aromatic rings. The molecule has 0 unspecified atom stereocenters. The highest BCUT2D eigenvalue weighted by Crippen LogP contribution is 2.23. The van der Waals surface area contributed by atoms with Crippen LogP contribution < -0.4 is 14.9 Å². The van der Waals surface area contributed by atoms with E-state index >= 15 is 0 Å². The number of carbonyl (C=O) groups excluding carboxylic acids is 1. The molecule has 2 N–H and O–H groups in total. The second-order valence-electron chi connectivity index (χ2n) is 6.44. The number of ether oxygens (including phenoxy) is 1. The van der Waals surface area contributed by atoms with Gasteiger partial charge in [0, 0.05) is 30.2 Å². The molecule has 8 heteroatoms. The molecule has 152 valence electrons. The zero-order chi connectivity index (χ0) is 20.7. The average Bonchev–Trinajstić information content (AvgIpc) is 2.63. The van der Waals surface area contributed by atoms with Crippen LogP contribution in [0.4, 0.5) is 21.9 Å². The second-order valence-corrected chi connectivity index (χ2v) is 8.19. The summed E-state index contributed by atoms with van der Waals surface area (Å²) in [6.45, 7) is 8.07. The van der Waals surface area contributed by atoms with Gasteiger partial charge in [-0.1, -0.05) is 12.1 Å². The first-order chi connectivity index (χ1) is 13.2. The van der Waals surface area contributed by atoms with Crippen LogP contribution in [0.2, 0.25) is 0 Å². The van der Waals surface area contributed by atoms with Crippen molar-refractivity contribution in [1.82, 2.24) is 0 Å². The fraction of sp³-hybridized carbons (Fsp3) is 0.350. The summed E-state index contributed by atoms with van der Waals surface area (Å²) in [7, 11) is -3.31. The quantitative estimate of drug-likeness (QED) is 0.694. The van der Waals surface area contributed by atoms with E-state index < -0.39 is 16.1 Å². The lowest BCUT2D eigenvalue weighted by molar-refractivity contribution is 0.155. The van der Waals surface area contributed by atoms with Crippen molar-refractivity contribution >= 4 is 33.2 Å². The van der Waals surface area contributed by atoms with Crippen LogP contribution >= 0.6 is 0 Å². The summed E-state index contributed by atoms with van der Waals surface area (Å²) in [5, 5.41) is 2.75. The van der Waals surface area contributed by atoms with E-state index in [-0.39, 0.29) is 6.61 Å². The SMILES string of the molecule is CCN(CC)c1ccc(NC(=O)OCc2ccc(NS(C)(=O)=O)cc2)c(C)c1. The highest BCUT2D eigenvalue weighted by molar-refractivity contribution is 7.92. The molecule has 0 saturated heterocycles. The Morgan fingerprint density at radius 1 is 1.07 bits per heavy atom. The topological polar surface area (TPSA) is 87.7 Å². The van der Waals surface area contributed by atoms with Crippen molar-refractivity contribution < 1.29 is 17.9 Å². The van der Waals surface area contributed by atoms with E-state index in [0.717, 1.165) is 36.2 Å². The van der Waals surface area contributed by atoms with Crippen LogP contribution in [0, 0.1) is 6.92 Å². The Labute approximate surface area is 166 Å². The van der Waals surface area contributed by atoms with Crippen molar-refractivity contribution in [1.29, 1.82) is 0 Å². The normalized spacial score (nSPS) is 11.0. The minimum absolute atomic E-state index is 0.0849. The van der Waals surface area contributed by atoms with E-state index in [2.05, 4.69) is 28.8 Å². The molecule has 0 fully saturated rings. The molecule has 0 spiro atoms. The predicted molar refractivity (Wildman–Crippen MR) is 113 cm³/mol. The van der Waals surface area contributed by atoms with Crippen LogP contribution in [-0.4, -0.2) is 33.9 Å². The summed E-state index contributed by atoms with van der Waals surface area (Å²) in [6.07, 6.45) is 0.544. The Bertz CT molecular complexity index is 908. The van der Waals surface area contributed by atoms with Gasteiger partial charge in [-0.15, -0.1) is 0 Å². The van der Waals surface area contributed by atoms with Gasteiger partial charge in [-0.25, -0.2) is 13.2 Å².